The van der Waals surface area contributed by atoms with Gasteiger partial charge in [-0.25, -0.2) is 0 Å². The van der Waals surface area contributed by atoms with Gasteiger partial charge in [0.25, 0.3) is 0 Å². The van der Waals surface area contributed by atoms with E-state index in [1.54, 1.807) is 11.3 Å². The first-order valence-electron chi connectivity index (χ1n) is 12.3. The molecule has 2 aromatic heterocycles. The molecule has 0 radical (unpaired) electrons. The Morgan fingerprint density at radius 1 is 1.00 bits per heavy atom. The van der Waals surface area contributed by atoms with E-state index in [0.29, 0.717) is 23.6 Å². The maximum absolute atomic E-state index is 13.8. The molecule has 2 heterocycles. The zero-order valence-corrected chi connectivity index (χ0v) is 24.0. The number of nitrogens with zero attached hydrogens (tertiary/aromatic N) is 4. The number of ketones is 1. The SMILES string of the molecule is Cc1nnc(CN(C)C)n1-c1sc(CCc2ccc(CC(C)C)cc2)cc1C(=O)c1ccccc1Br. The fraction of sp³-hybridized carbons (Fsp3) is 0.345. The summed E-state index contributed by atoms with van der Waals surface area (Å²) in [6.07, 6.45) is 2.90. The topological polar surface area (TPSA) is 51.0 Å². The first-order valence-corrected chi connectivity index (χ1v) is 13.9. The minimum atomic E-state index is 0.00177. The number of aromatic nitrogens is 3. The summed E-state index contributed by atoms with van der Waals surface area (Å²) in [7, 11) is 4.02. The van der Waals surface area contributed by atoms with Crippen molar-refractivity contribution in [1.82, 2.24) is 19.7 Å². The number of carbonyl (C=O) groups is 1. The van der Waals surface area contributed by atoms with Gasteiger partial charge in [-0.2, -0.15) is 0 Å². The monoisotopic (exact) mass is 564 g/mol. The molecule has 36 heavy (non-hydrogen) atoms. The summed E-state index contributed by atoms with van der Waals surface area (Å²) >= 11 is 5.22. The van der Waals surface area contributed by atoms with E-state index in [1.165, 1.54) is 16.0 Å². The Morgan fingerprint density at radius 2 is 1.69 bits per heavy atom. The van der Waals surface area contributed by atoms with Crippen LogP contribution in [0.2, 0.25) is 0 Å². The van der Waals surface area contributed by atoms with Gasteiger partial charge in [0.15, 0.2) is 11.6 Å². The smallest absolute Gasteiger partial charge is 0.197 e. The van der Waals surface area contributed by atoms with Gasteiger partial charge in [-0.05, 0) is 75.5 Å². The lowest BCUT2D eigenvalue weighted by Crippen LogP contribution is -2.16. The van der Waals surface area contributed by atoms with E-state index in [2.05, 4.69) is 75.2 Å². The van der Waals surface area contributed by atoms with E-state index in [4.69, 9.17) is 0 Å². The van der Waals surface area contributed by atoms with E-state index >= 15 is 0 Å². The summed E-state index contributed by atoms with van der Waals surface area (Å²) in [4.78, 5) is 17.0. The largest absolute Gasteiger partial charge is 0.302 e. The maximum atomic E-state index is 13.8. The Kier molecular flexibility index (Phi) is 8.54. The second-order valence-corrected chi connectivity index (χ2v) is 11.9. The average molecular weight is 566 g/mol. The fourth-order valence-electron chi connectivity index (χ4n) is 4.31. The van der Waals surface area contributed by atoms with Crippen LogP contribution in [-0.2, 0) is 25.8 Å². The fourth-order valence-corrected chi connectivity index (χ4v) is 5.99. The first kappa shape index (κ1) is 26.5. The number of hydrogen-bond acceptors (Lipinski definition) is 5. The Bertz CT molecular complexity index is 1340. The van der Waals surface area contributed by atoms with E-state index in [0.717, 1.165) is 40.4 Å². The third-order valence-corrected chi connectivity index (χ3v) is 7.88. The second kappa shape index (κ2) is 11.6. The molecule has 0 saturated carbocycles. The van der Waals surface area contributed by atoms with Gasteiger partial charge in [0.1, 0.15) is 10.8 Å². The Balaban J connectivity index is 1.68. The predicted molar refractivity (Wildman–Crippen MR) is 151 cm³/mol. The molecule has 0 unspecified atom stereocenters. The number of halogens is 1. The molecule has 0 atom stereocenters. The number of carbonyl (C=O) groups excluding carboxylic acids is 1. The van der Waals surface area contributed by atoms with Crippen molar-refractivity contribution in [2.75, 3.05) is 14.1 Å². The minimum Gasteiger partial charge on any atom is -0.302 e. The van der Waals surface area contributed by atoms with Crippen molar-refractivity contribution in [3.05, 3.63) is 97.8 Å². The minimum absolute atomic E-state index is 0.00177. The van der Waals surface area contributed by atoms with E-state index in [1.807, 2.05) is 49.9 Å². The maximum Gasteiger partial charge on any atom is 0.197 e. The molecule has 0 fully saturated rings. The second-order valence-electron chi connectivity index (χ2n) is 9.89. The summed E-state index contributed by atoms with van der Waals surface area (Å²) in [6, 6.07) is 18.6. The van der Waals surface area contributed by atoms with Crippen LogP contribution in [0.3, 0.4) is 0 Å². The molecule has 2 aromatic carbocycles. The van der Waals surface area contributed by atoms with Crippen molar-refractivity contribution >= 4 is 33.0 Å². The van der Waals surface area contributed by atoms with Crippen molar-refractivity contribution in [3.63, 3.8) is 0 Å². The third-order valence-electron chi connectivity index (χ3n) is 6.01. The lowest BCUT2D eigenvalue weighted by atomic mass is 10.00. The summed E-state index contributed by atoms with van der Waals surface area (Å²) in [5.41, 5.74) is 4.04. The molecule has 0 aliphatic heterocycles. The highest BCUT2D eigenvalue weighted by Crippen LogP contribution is 2.33. The summed E-state index contributed by atoms with van der Waals surface area (Å²) in [5.74, 6) is 2.26. The molecule has 0 aliphatic carbocycles. The standard InChI is InChI=1S/C29H33BrN4OS/c1-19(2)16-22-12-10-21(11-13-22)14-15-23-17-25(28(35)24-8-6-7-9-26(24)30)29(36-23)34-20(3)31-32-27(34)18-33(4)5/h6-13,17,19H,14-16,18H2,1-5H3. The predicted octanol–water partition coefficient (Wildman–Crippen LogP) is 6.68. The van der Waals surface area contributed by atoms with E-state index in [9.17, 15) is 4.79 Å². The van der Waals surface area contributed by atoms with Gasteiger partial charge in [0, 0.05) is 14.9 Å². The molecule has 7 heteroatoms. The molecule has 0 bridgehead atoms. The van der Waals surface area contributed by atoms with Crippen molar-refractivity contribution in [2.24, 2.45) is 5.92 Å². The number of benzene rings is 2. The molecule has 0 spiro atoms. The number of hydrogen-bond donors (Lipinski definition) is 0. The van der Waals surface area contributed by atoms with E-state index in [-0.39, 0.29) is 5.78 Å². The Hall–Kier alpha value is -2.61. The molecular weight excluding hydrogens is 532 g/mol. The average Bonchev–Trinajstić information content (AvgIpc) is 3.40. The van der Waals surface area contributed by atoms with Crippen molar-refractivity contribution < 1.29 is 4.79 Å². The third kappa shape index (κ3) is 6.20. The molecule has 0 amide bonds. The highest BCUT2D eigenvalue weighted by Gasteiger charge is 2.24. The molecule has 0 aliphatic rings. The van der Waals surface area contributed by atoms with Crippen LogP contribution in [0.15, 0.2) is 59.1 Å². The summed E-state index contributed by atoms with van der Waals surface area (Å²) in [5, 5.41) is 9.64. The molecule has 4 aromatic rings. The Labute approximate surface area is 226 Å². The van der Waals surface area contributed by atoms with Gasteiger partial charge in [0.05, 0.1) is 12.1 Å². The quantitative estimate of drug-likeness (QED) is 0.202. The van der Waals surface area contributed by atoms with Gasteiger partial charge in [-0.1, -0.05) is 66.2 Å². The van der Waals surface area contributed by atoms with Crippen LogP contribution in [0, 0.1) is 12.8 Å². The number of rotatable bonds is 10. The molecular formula is C29H33BrN4OS. The van der Waals surface area contributed by atoms with E-state index < -0.39 is 0 Å². The van der Waals surface area contributed by atoms with Crippen molar-refractivity contribution in [1.29, 1.82) is 0 Å². The lowest BCUT2D eigenvalue weighted by molar-refractivity contribution is 0.103. The molecule has 188 valence electrons. The number of thiophene rings is 1. The van der Waals surface area contributed by atoms with Crippen LogP contribution in [0.1, 0.15) is 57.4 Å². The van der Waals surface area contributed by atoms with Crippen molar-refractivity contribution in [2.45, 2.75) is 46.6 Å². The van der Waals surface area contributed by atoms with Crippen molar-refractivity contribution in [3.8, 4) is 5.00 Å². The highest BCUT2D eigenvalue weighted by molar-refractivity contribution is 9.10. The molecule has 4 rings (SSSR count). The lowest BCUT2D eigenvalue weighted by Gasteiger charge is -2.12. The molecule has 0 saturated heterocycles. The highest BCUT2D eigenvalue weighted by atomic mass is 79.9. The summed E-state index contributed by atoms with van der Waals surface area (Å²) < 4.78 is 2.84. The van der Waals surface area contributed by atoms with Gasteiger partial charge >= 0.3 is 0 Å². The molecule has 0 N–H and O–H groups in total. The van der Waals surface area contributed by atoms with Crippen LogP contribution >= 0.6 is 27.3 Å². The van der Waals surface area contributed by atoms with Crippen LogP contribution in [0.5, 0.6) is 0 Å². The normalized spacial score (nSPS) is 11.6. The van der Waals surface area contributed by atoms with Crippen LogP contribution in [-0.4, -0.2) is 39.5 Å². The van der Waals surface area contributed by atoms with Crippen LogP contribution in [0.4, 0.5) is 0 Å². The van der Waals surface area contributed by atoms with Gasteiger partial charge in [-0.3, -0.25) is 9.36 Å². The van der Waals surface area contributed by atoms with Gasteiger partial charge in [-0.15, -0.1) is 21.5 Å². The van der Waals surface area contributed by atoms with Crippen LogP contribution < -0.4 is 0 Å². The number of aryl methyl sites for hydroxylation is 3. The Morgan fingerprint density at radius 3 is 2.36 bits per heavy atom. The molecule has 5 nitrogen and oxygen atoms in total. The van der Waals surface area contributed by atoms with Gasteiger partial charge < -0.3 is 4.90 Å². The summed E-state index contributed by atoms with van der Waals surface area (Å²) in [6.45, 7) is 7.07. The zero-order valence-electron chi connectivity index (χ0n) is 21.6. The van der Waals surface area contributed by atoms with Gasteiger partial charge in [0.2, 0.25) is 0 Å². The van der Waals surface area contributed by atoms with Crippen LogP contribution in [0.25, 0.3) is 5.00 Å². The first-order chi connectivity index (χ1) is 17.2. The zero-order chi connectivity index (χ0) is 25.8.